The average molecular weight is 570 g/mol. The van der Waals surface area contributed by atoms with Gasteiger partial charge in [-0.2, -0.15) is 11.8 Å². The topological polar surface area (TPSA) is 62.2 Å². The molecule has 0 radical (unpaired) electrons. The Morgan fingerprint density at radius 2 is 1.77 bits per heavy atom. The van der Waals surface area contributed by atoms with Crippen LogP contribution in [0.5, 0.6) is 5.75 Å². The molecule has 0 fully saturated rings. The van der Waals surface area contributed by atoms with Gasteiger partial charge in [0.25, 0.3) is 0 Å². The Balaban J connectivity index is 0.00000420. The minimum Gasteiger partial charge on any atom is -0.550 e. The van der Waals surface area contributed by atoms with Gasteiger partial charge in [0.1, 0.15) is 12.4 Å². The molecule has 7 heteroatoms. The van der Waals surface area contributed by atoms with Crippen LogP contribution in [0, 0.1) is 5.92 Å². The van der Waals surface area contributed by atoms with Crippen LogP contribution in [-0.4, -0.2) is 16.7 Å². The SMILES string of the molecule is CC(CSC(CCc1ccccc1C(C)C)c1cccc(OCc2ccc3ccc(Cl)cc3n2)c1)C(=O)[O-].[Na+]. The Labute approximate surface area is 262 Å². The van der Waals surface area contributed by atoms with E-state index in [9.17, 15) is 9.90 Å². The van der Waals surface area contributed by atoms with E-state index >= 15 is 0 Å². The van der Waals surface area contributed by atoms with Crippen LogP contribution in [0.4, 0.5) is 0 Å². The molecule has 4 nitrogen and oxygen atoms in total. The average Bonchev–Trinajstić information content (AvgIpc) is 2.91. The Bertz CT molecular complexity index is 1400. The summed E-state index contributed by atoms with van der Waals surface area (Å²) >= 11 is 7.80. The van der Waals surface area contributed by atoms with Crippen LogP contribution in [0.3, 0.4) is 0 Å². The molecule has 0 aliphatic carbocycles. The van der Waals surface area contributed by atoms with E-state index in [0.29, 0.717) is 23.3 Å². The van der Waals surface area contributed by atoms with Crippen LogP contribution < -0.4 is 39.4 Å². The van der Waals surface area contributed by atoms with E-state index in [-0.39, 0.29) is 34.8 Å². The Morgan fingerprint density at radius 3 is 2.54 bits per heavy atom. The molecule has 3 aromatic carbocycles. The van der Waals surface area contributed by atoms with Crippen molar-refractivity contribution in [3.05, 3.63) is 106 Å². The number of benzene rings is 3. The maximum atomic E-state index is 11.4. The second-order valence-corrected chi connectivity index (χ2v) is 11.6. The van der Waals surface area contributed by atoms with Gasteiger partial charge in [-0.25, -0.2) is 4.98 Å². The van der Waals surface area contributed by atoms with E-state index in [0.717, 1.165) is 40.8 Å². The first-order valence-corrected chi connectivity index (χ1v) is 14.4. The number of aliphatic carboxylic acids is 1. The van der Waals surface area contributed by atoms with E-state index < -0.39 is 11.9 Å². The van der Waals surface area contributed by atoms with E-state index in [1.54, 1.807) is 18.7 Å². The number of rotatable bonds is 12. The van der Waals surface area contributed by atoms with Crippen LogP contribution in [0.1, 0.15) is 60.7 Å². The van der Waals surface area contributed by atoms with Crippen molar-refractivity contribution in [2.24, 2.45) is 5.92 Å². The fraction of sp³-hybridized carbons (Fsp3) is 0.312. The number of fused-ring (bicyclic) bond motifs is 1. The quantitative estimate of drug-likeness (QED) is 0.237. The molecular weight excluding hydrogens is 537 g/mol. The van der Waals surface area contributed by atoms with E-state index in [1.807, 2.05) is 42.5 Å². The first kappa shape index (κ1) is 31.5. The second kappa shape index (κ2) is 15.1. The summed E-state index contributed by atoms with van der Waals surface area (Å²) in [5.41, 5.74) is 5.49. The zero-order valence-electron chi connectivity index (χ0n) is 23.0. The number of carbonyl (C=O) groups excluding carboxylic acids is 1. The largest absolute Gasteiger partial charge is 1.00 e. The fourth-order valence-electron chi connectivity index (χ4n) is 4.46. The number of aryl methyl sites for hydroxylation is 1. The molecule has 2 unspecified atom stereocenters. The molecule has 1 heterocycles. The Morgan fingerprint density at radius 1 is 1.00 bits per heavy atom. The van der Waals surface area contributed by atoms with Crippen molar-refractivity contribution in [2.75, 3.05) is 5.75 Å². The molecular formula is C32H33ClNNaO3S. The molecule has 1 aromatic heterocycles. The van der Waals surface area contributed by atoms with Crippen LogP contribution in [0.2, 0.25) is 5.02 Å². The molecule has 0 saturated carbocycles. The molecule has 0 aliphatic heterocycles. The predicted molar refractivity (Wildman–Crippen MR) is 156 cm³/mol. The molecule has 0 saturated heterocycles. The number of carboxylic acids is 1. The fourth-order valence-corrected chi connectivity index (χ4v) is 5.91. The summed E-state index contributed by atoms with van der Waals surface area (Å²) in [5, 5.41) is 13.2. The molecule has 0 aliphatic rings. The zero-order valence-corrected chi connectivity index (χ0v) is 26.6. The van der Waals surface area contributed by atoms with Gasteiger partial charge in [-0.15, -0.1) is 0 Å². The van der Waals surface area contributed by atoms with Crippen LogP contribution in [0.25, 0.3) is 10.9 Å². The van der Waals surface area contributed by atoms with Crippen LogP contribution in [-0.2, 0) is 17.8 Å². The molecule has 0 spiro atoms. The third-order valence-corrected chi connectivity index (χ3v) is 8.47. The van der Waals surface area contributed by atoms with Gasteiger partial charge >= 0.3 is 29.6 Å². The van der Waals surface area contributed by atoms with Gasteiger partial charge in [0.15, 0.2) is 0 Å². The maximum absolute atomic E-state index is 11.4. The normalized spacial score (nSPS) is 12.6. The number of aromatic nitrogens is 1. The summed E-state index contributed by atoms with van der Waals surface area (Å²) in [6.45, 7) is 6.47. The van der Waals surface area contributed by atoms with Gasteiger partial charge in [0.05, 0.1) is 11.2 Å². The molecule has 0 amide bonds. The van der Waals surface area contributed by atoms with E-state index in [2.05, 4.69) is 55.2 Å². The first-order valence-electron chi connectivity index (χ1n) is 13.0. The molecule has 198 valence electrons. The second-order valence-electron chi connectivity index (χ2n) is 9.94. The van der Waals surface area contributed by atoms with Crippen LogP contribution in [0.15, 0.2) is 78.9 Å². The summed E-state index contributed by atoms with van der Waals surface area (Å²) in [6, 6.07) is 26.3. The smallest absolute Gasteiger partial charge is 0.550 e. The summed E-state index contributed by atoms with van der Waals surface area (Å²) in [6.07, 6.45) is 1.81. The number of carbonyl (C=O) groups is 1. The number of ether oxygens (including phenoxy) is 1. The third kappa shape index (κ3) is 8.99. The van der Waals surface area contributed by atoms with Crippen molar-refractivity contribution in [1.82, 2.24) is 4.98 Å². The number of carboxylic acid groups (broad SMARTS) is 1. The minimum atomic E-state index is -1.01. The van der Waals surface area contributed by atoms with Gasteiger partial charge < -0.3 is 14.6 Å². The monoisotopic (exact) mass is 569 g/mol. The first-order chi connectivity index (χ1) is 18.3. The zero-order chi connectivity index (χ0) is 27.1. The Kier molecular flexibility index (Phi) is 12.2. The van der Waals surface area contributed by atoms with Gasteiger partial charge in [-0.05, 0) is 65.8 Å². The molecule has 4 aromatic rings. The number of hydrogen-bond donors (Lipinski definition) is 0. The molecule has 4 rings (SSSR count). The van der Waals surface area contributed by atoms with Crippen molar-refractivity contribution in [3.8, 4) is 5.75 Å². The number of thioether (sulfide) groups is 1. The number of hydrogen-bond acceptors (Lipinski definition) is 5. The number of halogens is 1. The Hall–Kier alpha value is -2.02. The summed E-state index contributed by atoms with van der Waals surface area (Å²) in [7, 11) is 0. The molecule has 39 heavy (non-hydrogen) atoms. The van der Waals surface area contributed by atoms with Gasteiger partial charge in [0, 0.05) is 33.3 Å². The van der Waals surface area contributed by atoms with Gasteiger partial charge in [-0.3, -0.25) is 0 Å². The van der Waals surface area contributed by atoms with Crippen molar-refractivity contribution in [1.29, 1.82) is 0 Å². The summed E-state index contributed by atoms with van der Waals surface area (Å²) in [5.74, 6) is 0.177. The van der Waals surface area contributed by atoms with E-state index in [1.165, 1.54) is 11.1 Å². The summed E-state index contributed by atoms with van der Waals surface area (Å²) in [4.78, 5) is 16.0. The number of nitrogens with zero attached hydrogens (tertiary/aromatic N) is 1. The minimum absolute atomic E-state index is 0. The van der Waals surface area contributed by atoms with E-state index in [4.69, 9.17) is 16.3 Å². The van der Waals surface area contributed by atoms with Crippen LogP contribution >= 0.6 is 23.4 Å². The maximum Gasteiger partial charge on any atom is 1.00 e. The predicted octanol–water partition coefficient (Wildman–Crippen LogP) is 4.39. The van der Waals surface area contributed by atoms with Gasteiger partial charge in [0.2, 0.25) is 0 Å². The van der Waals surface area contributed by atoms with Crippen molar-refractivity contribution < 1.29 is 44.2 Å². The van der Waals surface area contributed by atoms with Crippen molar-refractivity contribution in [3.63, 3.8) is 0 Å². The molecule has 0 N–H and O–H groups in total. The van der Waals surface area contributed by atoms with Crippen molar-refractivity contribution in [2.45, 2.75) is 51.4 Å². The third-order valence-electron chi connectivity index (χ3n) is 6.63. The summed E-state index contributed by atoms with van der Waals surface area (Å²) < 4.78 is 6.13. The molecule has 2 atom stereocenters. The standard InChI is InChI=1S/C32H34ClNO3S.Na/c1-21(2)29-10-5-4-7-23(29)13-16-31(38-20-22(3)32(35)36)25-8-6-9-28(17-25)37-19-27-15-12-24-11-14-26(33)18-30(24)34-27;/h4-12,14-15,17-18,21-22,31H,13,16,19-20H2,1-3H3,(H,35,36);/q;+1/p-1. The molecule has 0 bridgehead atoms. The van der Waals surface area contributed by atoms with Gasteiger partial charge in [-0.1, -0.05) is 80.9 Å². The van der Waals surface area contributed by atoms with Crippen molar-refractivity contribution >= 4 is 40.2 Å². The number of pyridine rings is 1.